The van der Waals surface area contributed by atoms with Gasteiger partial charge in [0.2, 0.25) is 0 Å². The van der Waals surface area contributed by atoms with E-state index < -0.39 is 17.3 Å². The van der Waals surface area contributed by atoms with Crippen LogP contribution in [0.5, 0.6) is 0 Å². The van der Waals surface area contributed by atoms with Gasteiger partial charge in [-0.2, -0.15) is 0 Å². The summed E-state index contributed by atoms with van der Waals surface area (Å²) in [4.78, 5) is 23.0. The van der Waals surface area contributed by atoms with Gasteiger partial charge in [-0.15, -0.1) is 0 Å². The summed E-state index contributed by atoms with van der Waals surface area (Å²) in [5.41, 5.74) is 0.144. The number of carboxylic acid groups (broad SMARTS) is 1. The molecule has 0 heterocycles. The summed E-state index contributed by atoms with van der Waals surface area (Å²) in [6.45, 7) is 7.52. The molecule has 112 valence electrons. The molecule has 0 bridgehead atoms. The van der Waals surface area contributed by atoms with Crippen molar-refractivity contribution in [1.29, 1.82) is 0 Å². The average Bonchev–Trinajstić information content (AvgIpc) is 2.25. The van der Waals surface area contributed by atoms with E-state index in [1.807, 2.05) is 13.8 Å². The van der Waals surface area contributed by atoms with Gasteiger partial charge in [-0.3, -0.25) is 9.59 Å². The Bertz CT molecular complexity index is 443. The van der Waals surface area contributed by atoms with E-state index in [1.54, 1.807) is 19.1 Å². The van der Waals surface area contributed by atoms with Gasteiger partial charge in [-0.1, -0.05) is 39.2 Å². The number of carboxylic acids is 1. The lowest BCUT2D eigenvalue weighted by molar-refractivity contribution is -0.143. The molecule has 1 atom stereocenters. The molecule has 0 aromatic heterocycles. The standard InChI is InChI=1S/C16H24O4/c1-5-6-7-8-13(17)20-12-9-11(2)14(15(18)19)16(3,4)10-12/h9-10,14H,5-8H2,1-4H3,(H,18,19). The molecule has 1 rings (SSSR count). The van der Waals surface area contributed by atoms with E-state index in [-0.39, 0.29) is 5.97 Å². The molecule has 0 aliphatic heterocycles. The molecule has 0 aromatic carbocycles. The fourth-order valence-corrected chi connectivity index (χ4v) is 2.66. The highest BCUT2D eigenvalue weighted by atomic mass is 16.5. The molecule has 0 amide bonds. The molecule has 0 radical (unpaired) electrons. The van der Waals surface area contributed by atoms with Crippen molar-refractivity contribution in [2.24, 2.45) is 11.3 Å². The topological polar surface area (TPSA) is 63.6 Å². The SMILES string of the molecule is CCCCCC(=O)OC1=CC(C)(C)C(C(=O)O)C(C)=C1. The van der Waals surface area contributed by atoms with Crippen LogP contribution >= 0.6 is 0 Å². The van der Waals surface area contributed by atoms with Gasteiger partial charge in [-0.25, -0.2) is 0 Å². The van der Waals surface area contributed by atoms with Crippen LogP contribution in [0.2, 0.25) is 0 Å². The van der Waals surface area contributed by atoms with Crippen molar-refractivity contribution >= 4 is 11.9 Å². The van der Waals surface area contributed by atoms with E-state index in [2.05, 4.69) is 6.92 Å². The number of allylic oxidation sites excluding steroid dienone is 2. The van der Waals surface area contributed by atoms with Crippen molar-refractivity contribution in [2.75, 3.05) is 0 Å². The number of ether oxygens (including phenoxy) is 1. The summed E-state index contributed by atoms with van der Waals surface area (Å²) in [6, 6.07) is 0. The number of aliphatic carboxylic acids is 1. The highest BCUT2D eigenvalue weighted by Crippen LogP contribution is 2.39. The van der Waals surface area contributed by atoms with Crippen LogP contribution in [0.1, 0.15) is 53.4 Å². The van der Waals surface area contributed by atoms with Crippen LogP contribution in [0.4, 0.5) is 0 Å². The number of esters is 1. The zero-order chi connectivity index (χ0) is 15.3. The third kappa shape index (κ3) is 4.22. The third-order valence-electron chi connectivity index (χ3n) is 3.55. The Balaban J connectivity index is 2.74. The minimum atomic E-state index is -0.853. The second-order valence-corrected chi connectivity index (χ2v) is 5.96. The predicted octanol–water partition coefficient (Wildman–Crippen LogP) is 3.68. The second-order valence-electron chi connectivity index (χ2n) is 5.96. The minimum absolute atomic E-state index is 0.252. The Morgan fingerprint density at radius 2 is 2.00 bits per heavy atom. The first-order valence-electron chi connectivity index (χ1n) is 7.12. The van der Waals surface area contributed by atoms with E-state index in [0.717, 1.165) is 19.3 Å². The first-order valence-corrected chi connectivity index (χ1v) is 7.12. The summed E-state index contributed by atoms with van der Waals surface area (Å²) in [5.74, 6) is -1.22. The quantitative estimate of drug-likeness (QED) is 0.595. The van der Waals surface area contributed by atoms with E-state index in [1.165, 1.54) is 0 Å². The van der Waals surface area contributed by atoms with Crippen LogP contribution in [0.3, 0.4) is 0 Å². The maximum Gasteiger partial charge on any atom is 0.311 e. The number of hydrogen-bond acceptors (Lipinski definition) is 3. The van der Waals surface area contributed by atoms with Gasteiger partial charge in [0.1, 0.15) is 5.76 Å². The number of carbonyl (C=O) groups excluding carboxylic acids is 1. The highest BCUT2D eigenvalue weighted by Gasteiger charge is 2.38. The van der Waals surface area contributed by atoms with Crippen molar-refractivity contribution in [2.45, 2.75) is 53.4 Å². The van der Waals surface area contributed by atoms with Crippen molar-refractivity contribution in [3.63, 3.8) is 0 Å². The van der Waals surface area contributed by atoms with Gasteiger partial charge in [0.05, 0.1) is 5.92 Å². The molecule has 1 aliphatic carbocycles. The number of unbranched alkanes of at least 4 members (excludes halogenated alkanes) is 2. The van der Waals surface area contributed by atoms with Crippen LogP contribution in [0.25, 0.3) is 0 Å². The molecular formula is C16H24O4. The summed E-state index contributed by atoms with van der Waals surface area (Å²) in [6.07, 6.45) is 6.68. The molecule has 4 nitrogen and oxygen atoms in total. The Morgan fingerprint density at radius 3 is 2.50 bits per heavy atom. The van der Waals surface area contributed by atoms with Crippen LogP contribution in [0.15, 0.2) is 23.5 Å². The lowest BCUT2D eigenvalue weighted by atomic mass is 9.72. The van der Waals surface area contributed by atoms with Crippen LogP contribution in [-0.4, -0.2) is 17.0 Å². The summed E-state index contributed by atoms with van der Waals surface area (Å²) >= 11 is 0. The number of rotatable bonds is 6. The largest absolute Gasteiger partial charge is 0.481 e. The van der Waals surface area contributed by atoms with Gasteiger partial charge >= 0.3 is 11.9 Å². The zero-order valence-corrected chi connectivity index (χ0v) is 12.7. The minimum Gasteiger partial charge on any atom is -0.481 e. The monoisotopic (exact) mass is 280 g/mol. The van der Waals surface area contributed by atoms with E-state index in [0.29, 0.717) is 17.8 Å². The van der Waals surface area contributed by atoms with Crippen LogP contribution < -0.4 is 0 Å². The normalized spacial score (nSPS) is 20.9. The highest BCUT2D eigenvalue weighted by molar-refractivity contribution is 5.76. The summed E-state index contributed by atoms with van der Waals surface area (Å²) < 4.78 is 5.32. The first kappa shape index (κ1) is 16.5. The molecule has 1 unspecified atom stereocenters. The van der Waals surface area contributed by atoms with Gasteiger partial charge < -0.3 is 9.84 Å². The van der Waals surface area contributed by atoms with Crippen molar-refractivity contribution in [3.8, 4) is 0 Å². The molecule has 1 N–H and O–H groups in total. The summed E-state index contributed by atoms with van der Waals surface area (Å²) in [5, 5.41) is 9.28. The zero-order valence-electron chi connectivity index (χ0n) is 12.7. The van der Waals surface area contributed by atoms with E-state index >= 15 is 0 Å². The van der Waals surface area contributed by atoms with Crippen molar-refractivity contribution < 1.29 is 19.4 Å². The van der Waals surface area contributed by atoms with Gasteiger partial charge in [0.25, 0.3) is 0 Å². The van der Waals surface area contributed by atoms with Crippen LogP contribution in [-0.2, 0) is 14.3 Å². The molecule has 1 aliphatic rings. The van der Waals surface area contributed by atoms with Gasteiger partial charge in [-0.05, 0) is 25.5 Å². The molecule has 4 heteroatoms. The molecule has 20 heavy (non-hydrogen) atoms. The molecule has 0 saturated heterocycles. The molecule has 0 spiro atoms. The average molecular weight is 280 g/mol. The molecule has 0 aromatic rings. The van der Waals surface area contributed by atoms with Crippen molar-refractivity contribution in [1.82, 2.24) is 0 Å². The first-order chi connectivity index (χ1) is 9.27. The maximum absolute atomic E-state index is 11.7. The Labute approximate surface area is 120 Å². The fraction of sp³-hybridized carbons (Fsp3) is 0.625. The second kappa shape index (κ2) is 6.73. The maximum atomic E-state index is 11.7. The Kier molecular flexibility index (Phi) is 5.54. The van der Waals surface area contributed by atoms with Gasteiger partial charge in [0.15, 0.2) is 0 Å². The Hall–Kier alpha value is -1.58. The van der Waals surface area contributed by atoms with Gasteiger partial charge in [0, 0.05) is 11.8 Å². The Morgan fingerprint density at radius 1 is 1.35 bits per heavy atom. The van der Waals surface area contributed by atoms with E-state index in [4.69, 9.17) is 4.74 Å². The third-order valence-corrected chi connectivity index (χ3v) is 3.55. The van der Waals surface area contributed by atoms with E-state index in [9.17, 15) is 14.7 Å². The molecule has 0 fully saturated rings. The predicted molar refractivity (Wildman–Crippen MR) is 77.0 cm³/mol. The van der Waals surface area contributed by atoms with Crippen molar-refractivity contribution in [3.05, 3.63) is 23.5 Å². The number of carbonyl (C=O) groups is 2. The van der Waals surface area contributed by atoms with Crippen LogP contribution in [0, 0.1) is 11.3 Å². The lowest BCUT2D eigenvalue weighted by Crippen LogP contribution is -2.33. The summed E-state index contributed by atoms with van der Waals surface area (Å²) in [7, 11) is 0. The fourth-order valence-electron chi connectivity index (χ4n) is 2.66. The lowest BCUT2D eigenvalue weighted by Gasteiger charge is -2.32. The number of hydrogen-bond donors (Lipinski definition) is 1. The smallest absolute Gasteiger partial charge is 0.311 e. The molecule has 0 saturated carbocycles. The molecular weight excluding hydrogens is 256 g/mol.